The maximum absolute atomic E-state index is 14.6. The van der Waals surface area contributed by atoms with Gasteiger partial charge in [0.15, 0.2) is 0 Å². The quantitative estimate of drug-likeness (QED) is 0.0564. The van der Waals surface area contributed by atoms with Gasteiger partial charge in [-0.1, -0.05) is 83.1 Å². The number of carbonyl (C=O) groups excluding carboxylic acids is 8. The molecule has 726 valence electrons. The Balaban J connectivity index is 0.579. The Hall–Kier alpha value is -5.02. The van der Waals surface area contributed by atoms with Gasteiger partial charge in [0.1, 0.15) is 50.8 Å². The first-order valence-corrected chi connectivity index (χ1v) is 54.3. The summed E-state index contributed by atoms with van der Waals surface area (Å²) >= 11 is 0. The van der Waals surface area contributed by atoms with Crippen molar-refractivity contribution in [1.82, 2.24) is 0 Å². The van der Waals surface area contributed by atoms with E-state index in [9.17, 15) is 38.4 Å². The third kappa shape index (κ3) is 18.4. The molecule has 16 fully saturated rings. The molecule has 16 saturated carbocycles. The SMILES string of the molecule is CC(=O)O[C@@H]1CC[C@@]2(C)[C@H](CC[C@@H]3[C@@H]2CC[C@]2(C)[C@@H]([C@H](C)CCC(=O)OCc4cc(COC(=O)CC[C@@H](C)[C@H]5CC[C@H]6[C@@H]7CC[C@@H]8C[C@H](OC(C)=O)CC[C@]8(C)[C@H]7CC[C@]56C)c(COC(=O)CC[C@@H](C)[C@H]5CC[C@H]6[C@@H]7CC[C@@H]8C[C@H](OC(C)=O)CC[C@]8(C)[C@H]7CC[C@]56C)cc4COC(=O)CC[C@@H](C)[C@H]4CC[C@H]5[C@@H]6CC[C@@H]7C[C@H](OC(C)=O)CC[C@]7(C)[C@H]6CC[C@]45C)CC[C@@H]32)C1. The van der Waals surface area contributed by atoms with E-state index in [4.69, 9.17) is 37.9 Å². The topological polar surface area (TPSA) is 210 Å². The van der Waals surface area contributed by atoms with Gasteiger partial charge in [0.05, 0.1) is 0 Å². The van der Waals surface area contributed by atoms with Crippen molar-refractivity contribution in [3.8, 4) is 0 Å². The summed E-state index contributed by atoms with van der Waals surface area (Å²) in [6, 6.07) is 3.96. The summed E-state index contributed by atoms with van der Waals surface area (Å²) in [4.78, 5) is 107. The summed E-state index contributed by atoms with van der Waals surface area (Å²) < 4.78 is 49.2. The standard InChI is InChI=1S/C114H174O16/c1-67(91-29-33-95-87-25-21-79-59-83(127-71(5)115)41-49-107(79,9)99(87)45-53-111(91,95)13)17-37-103(119)123-63-75-57-77(65-125-105(121)39-19-69(3)93-31-35-97-89-27-23-81-61-85(129-73(7)117)43-51-109(81,11)101(89)47-55-113(93,97)15)78(66-126-106(122)40-20-70(4)94-32-36-98-90-28-24-82-62-86(130-74(8)118)44-52-110(82,12)102(90)48-56-114(94,98)16)58-76(75)64-124-104(120)38-18-68(2)92-30-34-96-88-26-22-80-60-84(128-72(6)116)42-50-108(80,10)100(88)46-54-112(92,96)14/h57-58,67-70,79-102H,17-56,59-66H2,1-16H3/t67-,68-,69-,70-,79-,80-,81-,82-,83-,84-,85-,86-,87+,88+,89+,90+,91-,92-,93-,94-,95+,96+,97+,98+,99+,100+,101+,102+,107+,108+,109+,110+,111-,112-,113-,114-/m1/s1. The predicted octanol–water partition coefficient (Wildman–Crippen LogP) is 25.9. The van der Waals surface area contributed by atoms with Gasteiger partial charge in [0, 0.05) is 53.4 Å². The molecule has 16 nitrogen and oxygen atoms in total. The van der Waals surface area contributed by atoms with Crippen LogP contribution in [0.4, 0.5) is 0 Å². The van der Waals surface area contributed by atoms with Crippen LogP contribution in [0.1, 0.15) is 416 Å². The second-order valence-electron chi connectivity index (χ2n) is 50.7. The zero-order valence-corrected chi connectivity index (χ0v) is 83.8. The lowest BCUT2D eigenvalue weighted by Crippen LogP contribution is -2.54. The summed E-state index contributed by atoms with van der Waals surface area (Å²) in [5, 5.41) is 0. The Morgan fingerprint density at radius 3 is 0.654 bits per heavy atom. The van der Waals surface area contributed by atoms with E-state index in [1.54, 1.807) is 27.7 Å². The Labute approximate surface area is 783 Å². The maximum Gasteiger partial charge on any atom is 0.306 e. The van der Waals surface area contributed by atoms with Crippen molar-refractivity contribution in [3.63, 3.8) is 0 Å². The first-order valence-electron chi connectivity index (χ1n) is 54.3. The van der Waals surface area contributed by atoms with Gasteiger partial charge in [-0.15, -0.1) is 0 Å². The summed E-state index contributed by atoms with van der Waals surface area (Å²) in [5.41, 5.74) is 4.70. The first-order chi connectivity index (χ1) is 61.8. The Bertz CT molecular complexity index is 3740. The minimum atomic E-state index is -0.261. The molecule has 36 atom stereocenters. The molecule has 0 amide bonds. The molecule has 0 unspecified atom stereocenters. The van der Waals surface area contributed by atoms with Crippen LogP contribution in [0.2, 0.25) is 0 Å². The van der Waals surface area contributed by atoms with Gasteiger partial charge < -0.3 is 37.9 Å². The number of hydrogen-bond donors (Lipinski definition) is 0. The molecule has 17 rings (SSSR count). The van der Waals surface area contributed by atoms with Gasteiger partial charge in [-0.2, -0.15) is 0 Å². The Kier molecular flexibility index (Phi) is 28.5. The van der Waals surface area contributed by atoms with E-state index in [1.165, 1.54) is 154 Å². The molecule has 0 heterocycles. The van der Waals surface area contributed by atoms with Crippen molar-refractivity contribution in [2.24, 2.45) is 185 Å². The normalized spacial score (nSPS) is 43.9. The van der Waals surface area contributed by atoms with Crippen LogP contribution in [-0.4, -0.2) is 72.2 Å². The lowest BCUT2D eigenvalue weighted by atomic mass is 9.44. The molecule has 1 aromatic carbocycles. The van der Waals surface area contributed by atoms with E-state index >= 15 is 0 Å². The van der Waals surface area contributed by atoms with E-state index < -0.39 is 0 Å². The number of esters is 8. The number of hydrogen-bond acceptors (Lipinski definition) is 16. The Morgan fingerprint density at radius 1 is 0.262 bits per heavy atom. The number of carbonyl (C=O) groups is 8. The van der Waals surface area contributed by atoms with Gasteiger partial charge >= 0.3 is 47.8 Å². The summed E-state index contributed by atoms with van der Waals surface area (Å²) in [6.45, 7) is 36.2. The lowest BCUT2D eigenvalue weighted by molar-refractivity contribution is -0.161. The average Bonchev–Trinajstić information content (AvgIpc) is 1.41. The second kappa shape index (κ2) is 38.4. The molecule has 16 heteroatoms. The third-order valence-electron chi connectivity index (χ3n) is 45.1. The Morgan fingerprint density at radius 2 is 0.454 bits per heavy atom. The van der Waals surface area contributed by atoms with E-state index in [0.29, 0.717) is 164 Å². The second-order valence-corrected chi connectivity index (χ2v) is 50.7. The van der Waals surface area contributed by atoms with Crippen LogP contribution in [0, 0.1) is 185 Å². The van der Waals surface area contributed by atoms with Crippen molar-refractivity contribution in [1.29, 1.82) is 0 Å². The van der Waals surface area contributed by atoms with Gasteiger partial charge in [-0.25, -0.2) is 0 Å². The summed E-state index contributed by atoms with van der Waals surface area (Å²) in [7, 11) is 0. The smallest absolute Gasteiger partial charge is 0.306 e. The monoisotopic (exact) mass is 1800 g/mol. The van der Waals surface area contributed by atoms with E-state index in [0.717, 1.165) is 103 Å². The van der Waals surface area contributed by atoms with Crippen molar-refractivity contribution < 1.29 is 76.3 Å². The molecule has 0 N–H and O–H groups in total. The molecule has 0 bridgehead atoms. The van der Waals surface area contributed by atoms with Crippen molar-refractivity contribution in [2.75, 3.05) is 0 Å². The molecule has 130 heavy (non-hydrogen) atoms. The fraction of sp³-hybridized carbons (Fsp3) is 0.877. The highest BCUT2D eigenvalue weighted by molar-refractivity contribution is 5.72. The minimum Gasteiger partial charge on any atom is -0.463 e. The molecular weight excluding hydrogens is 1630 g/mol. The van der Waals surface area contributed by atoms with Crippen LogP contribution in [0.15, 0.2) is 12.1 Å². The zero-order chi connectivity index (χ0) is 92.1. The van der Waals surface area contributed by atoms with Crippen molar-refractivity contribution in [2.45, 2.75) is 444 Å². The summed E-state index contributed by atoms with van der Waals surface area (Å²) in [6.07, 6.45) is 46.1. The number of benzene rings is 1. The highest BCUT2D eigenvalue weighted by atomic mass is 16.6. The molecule has 1 aromatic rings. The van der Waals surface area contributed by atoms with Crippen LogP contribution >= 0.6 is 0 Å². The van der Waals surface area contributed by atoms with E-state index in [2.05, 4.69) is 83.1 Å². The van der Waals surface area contributed by atoms with Gasteiger partial charge in [-0.3, -0.25) is 38.4 Å². The molecule has 0 radical (unpaired) electrons. The fourth-order valence-electron chi connectivity index (χ4n) is 38.6. The van der Waals surface area contributed by atoms with Gasteiger partial charge in [0.2, 0.25) is 0 Å². The van der Waals surface area contributed by atoms with Crippen LogP contribution in [0.3, 0.4) is 0 Å². The molecule has 16 aliphatic rings. The van der Waals surface area contributed by atoms with Crippen LogP contribution in [0.25, 0.3) is 0 Å². The van der Waals surface area contributed by atoms with Gasteiger partial charge in [0.25, 0.3) is 0 Å². The lowest BCUT2D eigenvalue weighted by Gasteiger charge is -2.61. The zero-order valence-electron chi connectivity index (χ0n) is 83.8. The maximum atomic E-state index is 14.6. The highest BCUT2D eigenvalue weighted by Crippen LogP contribution is 2.74. The highest BCUT2D eigenvalue weighted by Gasteiger charge is 2.67. The van der Waals surface area contributed by atoms with Crippen LogP contribution < -0.4 is 0 Å². The molecule has 16 aliphatic carbocycles. The van der Waals surface area contributed by atoms with E-state index in [1.807, 2.05) is 12.1 Å². The fourth-order valence-corrected chi connectivity index (χ4v) is 38.6. The largest absolute Gasteiger partial charge is 0.463 e. The molecular formula is C114H174O16. The molecule has 0 spiro atoms. The number of fused-ring (bicyclic) bond motifs is 20. The summed E-state index contributed by atoms with van der Waals surface area (Å²) in [5.74, 6) is 12.4. The number of ether oxygens (including phenoxy) is 8. The third-order valence-corrected chi connectivity index (χ3v) is 45.1. The molecule has 0 aromatic heterocycles. The van der Waals surface area contributed by atoms with E-state index in [-0.39, 0.29) is 168 Å². The average molecular weight is 1800 g/mol. The van der Waals surface area contributed by atoms with Crippen molar-refractivity contribution >= 4 is 47.8 Å². The number of rotatable bonds is 28. The van der Waals surface area contributed by atoms with Crippen molar-refractivity contribution in [3.05, 3.63) is 34.4 Å². The van der Waals surface area contributed by atoms with Crippen LogP contribution in [0.5, 0.6) is 0 Å². The van der Waals surface area contributed by atoms with Gasteiger partial charge in [-0.05, 0) is 477 Å². The minimum absolute atomic E-state index is 0.0481. The predicted molar refractivity (Wildman–Crippen MR) is 502 cm³/mol. The molecule has 0 saturated heterocycles. The van der Waals surface area contributed by atoms with Crippen LogP contribution in [-0.2, 0) is 103 Å². The molecule has 0 aliphatic heterocycles. The first kappa shape index (κ1) is 96.7.